The third-order valence-electron chi connectivity index (χ3n) is 3.42. The number of nitrogens with zero attached hydrogens (tertiary/aromatic N) is 1. The van der Waals surface area contributed by atoms with Gasteiger partial charge in [0.15, 0.2) is 0 Å². The van der Waals surface area contributed by atoms with Crippen molar-refractivity contribution < 1.29 is 4.79 Å². The molecular formula is C14H19NO. The average Bonchev–Trinajstić information content (AvgIpc) is 2.58. The zero-order valence-corrected chi connectivity index (χ0v) is 10.2. The van der Waals surface area contributed by atoms with Crippen molar-refractivity contribution in [3.05, 3.63) is 29.3 Å². The van der Waals surface area contributed by atoms with Crippen LogP contribution in [0.5, 0.6) is 0 Å². The first-order chi connectivity index (χ1) is 7.65. The third kappa shape index (κ3) is 1.73. The van der Waals surface area contributed by atoms with Crippen molar-refractivity contribution in [3.63, 3.8) is 0 Å². The van der Waals surface area contributed by atoms with E-state index in [1.54, 1.807) is 0 Å². The van der Waals surface area contributed by atoms with E-state index in [1.165, 1.54) is 16.8 Å². The topological polar surface area (TPSA) is 20.3 Å². The Bertz CT molecular complexity index is 398. The standard InChI is InChI=1S/C14H19NO/c1-10(2)15-12(7-8-16)9-13-11(3)5-4-6-14(13)15/h4-6,8,10,12H,7,9H2,1-3H3. The van der Waals surface area contributed by atoms with Gasteiger partial charge in [-0.25, -0.2) is 0 Å². The average molecular weight is 217 g/mol. The van der Waals surface area contributed by atoms with Gasteiger partial charge in [0.1, 0.15) is 6.29 Å². The highest BCUT2D eigenvalue weighted by Crippen LogP contribution is 2.36. The number of fused-ring (bicyclic) bond motifs is 1. The minimum absolute atomic E-state index is 0.355. The van der Waals surface area contributed by atoms with Crippen LogP contribution >= 0.6 is 0 Å². The van der Waals surface area contributed by atoms with Crippen molar-refractivity contribution in [2.24, 2.45) is 0 Å². The highest BCUT2D eigenvalue weighted by molar-refractivity contribution is 5.65. The van der Waals surface area contributed by atoms with Crippen LogP contribution in [0.3, 0.4) is 0 Å². The second-order valence-electron chi connectivity index (χ2n) is 4.83. The van der Waals surface area contributed by atoms with Gasteiger partial charge in [-0.1, -0.05) is 12.1 Å². The molecule has 2 rings (SSSR count). The van der Waals surface area contributed by atoms with Gasteiger partial charge in [-0.15, -0.1) is 0 Å². The number of carbonyl (C=O) groups is 1. The van der Waals surface area contributed by atoms with E-state index >= 15 is 0 Å². The van der Waals surface area contributed by atoms with E-state index in [2.05, 4.69) is 43.9 Å². The van der Waals surface area contributed by atoms with Gasteiger partial charge in [0.05, 0.1) is 0 Å². The Hall–Kier alpha value is -1.31. The highest BCUT2D eigenvalue weighted by Gasteiger charge is 2.31. The Balaban J connectivity index is 2.40. The van der Waals surface area contributed by atoms with Crippen LogP contribution in [0, 0.1) is 6.92 Å². The summed E-state index contributed by atoms with van der Waals surface area (Å²) in [6.45, 7) is 6.53. The molecule has 1 atom stereocenters. The summed E-state index contributed by atoms with van der Waals surface area (Å²) in [7, 11) is 0. The molecule has 0 saturated carbocycles. The van der Waals surface area contributed by atoms with Gasteiger partial charge < -0.3 is 9.69 Å². The molecule has 1 aromatic carbocycles. The Morgan fingerprint density at radius 1 is 1.50 bits per heavy atom. The summed E-state index contributed by atoms with van der Waals surface area (Å²) < 4.78 is 0. The summed E-state index contributed by atoms with van der Waals surface area (Å²) in [5.41, 5.74) is 4.08. The first-order valence-electron chi connectivity index (χ1n) is 5.95. The number of aryl methyl sites for hydroxylation is 1. The zero-order chi connectivity index (χ0) is 11.7. The number of hydrogen-bond donors (Lipinski definition) is 0. The molecule has 1 heterocycles. The Kier molecular flexibility index (Phi) is 2.99. The van der Waals surface area contributed by atoms with Crippen LogP contribution < -0.4 is 4.90 Å². The van der Waals surface area contributed by atoms with Crippen molar-refractivity contribution in [3.8, 4) is 0 Å². The van der Waals surface area contributed by atoms with Crippen molar-refractivity contribution in [1.29, 1.82) is 0 Å². The van der Waals surface area contributed by atoms with E-state index in [0.29, 0.717) is 18.5 Å². The Labute approximate surface area is 97.3 Å². The molecule has 2 heteroatoms. The van der Waals surface area contributed by atoms with Gasteiger partial charge >= 0.3 is 0 Å². The molecule has 0 spiro atoms. The van der Waals surface area contributed by atoms with Gasteiger partial charge in [-0.3, -0.25) is 0 Å². The maximum atomic E-state index is 10.7. The van der Waals surface area contributed by atoms with Crippen LogP contribution in [0.2, 0.25) is 0 Å². The Morgan fingerprint density at radius 3 is 2.88 bits per heavy atom. The summed E-state index contributed by atoms with van der Waals surface area (Å²) in [5.74, 6) is 0. The summed E-state index contributed by atoms with van der Waals surface area (Å²) in [4.78, 5) is 13.1. The lowest BCUT2D eigenvalue weighted by Gasteiger charge is -2.30. The molecule has 0 amide bonds. The number of carbonyl (C=O) groups excluding carboxylic acids is 1. The molecule has 1 aliphatic heterocycles. The second kappa shape index (κ2) is 4.28. The van der Waals surface area contributed by atoms with Gasteiger partial charge in [-0.2, -0.15) is 0 Å². The van der Waals surface area contributed by atoms with E-state index in [1.807, 2.05) is 0 Å². The fraction of sp³-hybridized carbons (Fsp3) is 0.500. The molecule has 1 aromatic rings. The van der Waals surface area contributed by atoms with Gasteiger partial charge in [0, 0.05) is 24.2 Å². The van der Waals surface area contributed by atoms with E-state index < -0.39 is 0 Å². The van der Waals surface area contributed by atoms with Crippen molar-refractivity contribution in [1.82, 2.24) is 0 Å². The van der Waals surface area contributed by atoms with Crippen LogP contribution in [-0.2, 0) is 11.2 Å². The van der Waals surface area contributed by atoms with E-state index in [0.717, 1.165) is 12.7 Å². The lowest BCUT2D eigenvalue weighted by molar-refractivity contribution is -0.108. The fourth-order valence-electron chi connectivity index (χ4n) is 2.73. The fourth-order valence-corrected chi connectivity index (χ4v) is 2.73. The molecule has 0 N–H and O–H groups in total. The van der Waals surface area contributed by atoms with Gasteiger partial charge in [-0.05, 0) is 44.4 Å². The van der Waals surface area contributed by atoms with E-state index in [9.17, 15) is 4.79 Å². The summed E-state index contributed by atoms with van der Waals surface area (Å²) in [6, 6.07) is 7.24. The molecule has 0 aromatic heterocycles. The van der Waals surface area contributed by atoms with E-state index in [4.69, 9.17) is 0 Å². The van der Waals surface area contributed by atoms with Crippen LogP contribution in [0.15, 0.2) is 18.2 Å². The van der Waals surface area contributed by atoms with Gasteiger partial charge in [0.25, 0.3) is 0 Å². The summed E-state index contributed by atoms with van der Waals surface area (Å²) in [5, 5.41) is 0. The molecule has 1 aliphatic rings. The van der Waals surface area contributed by atoms with Crippen LogP contribution in [-0.4, -0.2) is 18.4 Å². The summed E-state index contributed by atoms with van der Waals surface area (Å²) >= 11 is 0. The predicted octanol–water partition coefficient (Wildman–Crippen LogP) is 2.72. The predicted molar refractivity (Wildman–Crippen MR) is 67.0 cm³/mol. The number of aldehydes is 1. The smallest absolute Gasteiger partial charge is 0.122 e. The first-order valence-corrected chi connectivity index (χ1v) is 5.95. The minimum atomic E-state index is 0.355. The van der Waals surface area contributed by atoms with Crippen molar-refractivity contribution in [2.75, 3.05) is 4.90 Å². The molecule has 16 heavy (non-hydrogen) atoms. The lowest BCUT2D eigenvalue weighted by atomic mass is 10.0. The second-order valence-corrected chi connectivity index (χ2v) is 4.83. The lowest BCUT2D eigenvalue weighted by Crippen LogP contribution is -2.37. The molecule has 2 nitrogen and oxygen atoms in total. The largest absolute Gasteiger partial charge is 0.365 e. The highest BCUT2D eigenvalue weighted by atomic mass is 16.1. The molecule has 0 fully saturated rings. The monoisotopic (exact) mass is 217 g/mol. The van der Waals surface area contributed by atoms with Crippen molar-refractivity contribution in [2.45, 2.75) is 45.7 Å². The quantitative estimate of drug-likeness (QED) is 0.726. The first kappa shape index (κ1) is 11.2. The number of anilines is 1. The summed E-state index contributed by atoms with van der Waals surface area (Å²) in [6.07, 6.45) is 2.69. The maximum Gasteiger partial charge on any atom is 0.122 e. The molecule has 86 valence electrons. The van der Waals surface area contributed by atoms with Crippen LogP contribution in [0.4, 0.5) is 5.69 Å². The number of hydrogen-bond acceptors (Lipinski definition) is 2. The molecule has 0 radical (unpaired) electrons. The molecular weight excluding hydrogens is 198 g/mol. The normalized spacial score (nSPS) is 19.0. The van der Waals surface area contributed by atoms with Gasteiger partial charge in [0.2, 0.25) is 0 Å². The molecule has 0 aliphatic carbocycles. The van der Waals surface area contributed by atoms with Crippen molar-refractivity contribution >= 4 is 12.0 Å². The van der Waals surface area contributed by atoms with Crippen LogP contribution in [0.25, 0.3) is 0 Å². The molecule has 1 unspecified atom stereocenters. The third-order valence-corrected chi connectivity index (χ3v) is 3.42. The number of benzene rings is 1. The van der Waals surface area contributed by atoms with E-state index in [-0.39, 0.29) is 0 Å². The maximum absolute atomic E-state index is 10.7. The minimum Gasteiger partial charge on any atom is -0.365 e. The number of rotatable bonds is 3. The Morgan fingerprint density at radius 2 is 2.25 bits per heavy atom. The SMILES string of the molecule is Cc1cccc2c1CC(CC=O)N2C(C)C. The van der Waals surface area contributed by atoms with Crippen LogP contribution in [0.1, 0.15) is 31.4 Å². The zero-order valence-electron chi connectivity index (χ0n) is 10.2. The molecule has 0 bridgehead atoms. The molecule has 0 saturated heterocycles.